The summed E-state index contributed by atoms with van der Waals surface area (Å²) in [7, 11) is 0. The van der Waals surface area contributed by atoms with Crippen LogP contribution in [0, 0.1) is 12.7 Å². The van der Waals surface area contributed by atoms with Gasteiger partial charge in [-0.15, -0.1) is 0 Å². The second-order valence-electron chi connectivity index (χ2n) is 4.86. The van der Waals surface area contributed by atoms with Crippen LogP contribution in [0.1, 0.15) is 34.9 Å². The molecule has 0 amide bonds. The fourth-order valence-corrected chi connectivity index (χ4v) is 2.55. The highest BCUT2D eigenvalue weighted by atomic mass is 19.1. The molecule has 0 unspecified atom stereocenters. The number of carboxylic acid groups (broad SMARTS) is 1. The monoisotopic (exact) mass is 261 g/mol. The second-order valence-corrected chi connectivity index (χ2v) is 4.86. The predicted molar refractivity (Wildman–Crippen MR) is 68.1 cm³/mol. The quantitative estimate of drug-likeness (QED) is 0.903. The van der Waals surface area contributed by atoms with Gasteiger partial charge in [-0.1, -0.05) is 0 Å². The molecule has 1 aromatic heterocycles. The number of halogens is 1. The van der Waals surface area contributed by atoms with Gasteiger partial charge in [-0.3, -0.25) is 4.79 Å². The van der Waals surface area contributed by atoms with Gasteiger partial charge < -0.3 is 9.67 Å². The molecule has 1 aliphatic rings. The smallest absolute Gasteiger partial charge is 0.341 e. The number of carbonyl (C=O) groups is 1. The lowest BCUT2D eigenvalue weighted by molar-refractivity contribution is 0.0694. The fraction of sp³-hybridized carbons (Fsp3) is 0.286. The topological polar surface area (TPSA) is 59.3 Å². The highest BCUT2D eigenvalue weighted by molar-refractivity contribution is 5.94. The average molecular weight is 261 g/mol. The zero-order valence-electron chi connectivity index (χ0n) is 10.3. The first-order valence-electron chi connectivity index (χ1n) is 6.08. The molecular formula is C14H12FNO3. The van der Waals surface area contributed by atoms with Crippen molar-refractivity contribution in [2.75, 3.05) is 0 Å². The van der Waals surface area contributed by atoms with Crippen LogP contribution in [0.15, 0.2) is 23.0 Å². The minimum Gasteiger partial charge on any atom is -0.477 e. The van der Waals surface area contributed by atoms with Crippen molar-refractivity contribution in [3.63, 3.8) is 0 Å². The number of nitrogens with zero attached hydrogens (tertiary/aromatic N) is 1. The summed E-state index contributed by atoms with van der Waals surface area (Å²) in [6.07, 6.45) is 1.85. The Bertz CT molecular complexity index is 759. The molecule has 3 rings (SSSR count). The molecule has 1 fully saturated rings. The number of hydrogen-bond donors (Lipinski definition) is 1. The van der Waals surface area contributed by atoms with E-state index >= 15 is 0 Å². The summed E-state index contributed by atoms with van der Waals surface area (Å²) < 4.78 is 15.2. The van der Waals surface area contributed by atoms with Gasteiger partial charge in [0.25, 0.3) is 0 Å². The van der Waals surface area contributed by atoms with E-state index in [2.05, 4.69) is 0 Å². The zero-order chi connectivity index (χ0) is 13.7. The molecule has 4 nitrogen and oxygen atoms in total. The SMILES string of the molecule is Cc1c(C(=O)O)c(=O)c2ccc(F)cc2n1C1CC1. The van der Waals surface area contributed by atoms with E-state index in [1.165, 1.54) is 18.2 Å². The Balaban J connectivity index is 2.51. The molecule has 0 atom stereocenters. The molecule has 98 valence electrons. The van der Waals surface area contributed by atoms with Crippen LogP contribution in [-0.4, -0.2) is 15.6 Å². The van der Waals surface area contributed by atoms with E-state index in [0.29, 0.717) is 11.2 Å². The number of benzene rings is 1. The minimum absolute atomic E-state index is 0.169. The van der Waals surface area contributed by atoms with Gasteiger partial charge in [0.15, 0.2) is 0 Å². The Morgan fingerprint density at radius 2 is 2.11 bits per heavy atom. The van der Waals surface area contributed by atoms with Gasteiger partial charge in [-0.25, -0.2) is 9.18 Å². The molecule has 1 aliphatic carbocycles. The van der Waals surface area contributed by atoms with Crippen LogP contribution in [0.25, 0.3) is 10.9 Å². The predicted octanol–water partition coefficient (Wildman–Crippen LogP) is 2.48. The average Bonchev–Trinajstić information content (AvgIpc) is 3.12. The van der Waals surface area contributed by atoms with E-state index in [-0.39, 0.29) is 17.0 Å². The van der Waals surface area contributed by atoms with Crippen molar-refractivity contribution < 1.29 is 14.3 Å². The Morgan fingerprint density at radius 3 is 2.68 bits per heavy atom. The first kappa shape index (κ1) is 11.9. The van der Waals surface area contributed by atoms with Crippen LogP contribution in [0.5, 0.6) is 0 Å². The van der Waals surface area contributed by atoms with Gasteiger partial charge >= 0.3 is 5.97 Å². The highest BCUT2D eigenvalue weighted by Gasteiger charge is 2.29. The maximum atomic E-state index is 13.4. The molecule has 0 aliphatic heterocycles. The van der Waals surface area contributed by atoms with Gasteiger partial charge in [-0.2, -0.15) is 0 Å². The third kappa shape index (κ3) is 1.73. The maximum absolute atomic E-state index is 13.4. The second kappa shape index (κ2) is 3.91. The van der Waals surface area contributed by atoms with Crippen molar-refractivity contribution >= 4 is 16.9 Å². The van der Waals surface area contributed by atoms with Crippen molar-refractivity contribution in [3.05, 3.63) is 45.5 Å². The standard InChI is InChI=1S/C14H12FNO3/c1-7-12(14(18)19)13(17)10-5-2-8(15)6-11(10)16(7)9-3-4-9/h2,5-6,9H,3-4H2,1H3,(H,18,19). The summed E-state index contributed by atoms with van der Waals surface area (Å²) in [5.74, 6) is -1.66. The van der Waals surface area contributed by atoms with E-state index in [1.54, 1.807) is 11.5 Å². The molecule has 0 radical (unpaired) electrons. The molecule has 1 aromatic carbocycles. The highest BCUT2D eigenvalue weighted by Crippen LogP contribution is 2.38. The third-order valence-electron chi connectivity index (χ3n) is 3.54. The first-order chi connectivity index (χ1) is 9.00. The number of aromatic carboxylic acids is 1. The maximum Gasteiger partial charge on any atom is 0.341 e. The molecular weight excluding hydrogens is 249 g/mol. The molecule has 1 N–H and O–H groups in total. The lowest BCUT2D eigenvalue weighted by Gasteiger charge is -2.16. The van der Waals surface area contributed by atoms with Gasteiger partial charge in [0.2, 0.25) is 5.43 Å². The molecule has 1 saturated carbocycles. The molecule has 1 heterocycles. The van der Waals surface area contributed by atoms with Crippen molar-refractivity contribution in [1.29, 1.82) is 0 Å². The van der Waals surface area contributed by atoms with Crippen LogP contribution in [0.2, 0.25) is 0 Å². The van der Waals surface area contributed by atoms with Gasteiger partial charge in [0.05, 0.1) is 5.52 Å². The largest absolute Gasteiger partial charge is 0.477 e. The number of hydrogen-bond acceptors (Lipinski definition) is 2. The zero-order valence-corrected chi connectivity index (χ0v) is 10.3. The summed E-state index contributed by atoms with van der Waals surface area (Å²) in [5, 5.41) is 9.46. The van der Waals surface area contributed by atoms with Crippen LogP contribution in [-0.2, 0) is 0 Å². The van der Waals surface area contributed by atoms with E-state index in [1.807, 2.05) is 0 Å². The molecule has 2 aromatic rings. The van der Waals surface area contributed by atoms with Crippen LogP contribution in [0.4, 0.5) is 4.39 Å². The van der Waals surface area contributed by atoms with Crippen molar-refractivity contribution in [1.82, 2.24) is 4.57 Å². The minimum atomic E-state index is -1.23. The summed E-state index contributed by atoms with van der Waals surface area (Å²) in [5.41, 5.74) is 0.121. The number of aromatic nitrogens is 1. The van der Waals surface area contributed by atoms with E-state index in [9.17, 15) is 19.1 Å². The van der Waals surface area contributed by atoms with Gasteiger partial charge in [0, 0.05) is 17.1 Å². The van der Waals surface area contributed by atoms with E-state index in [4.69, 9.17) is 0 Å². The summed E-state index contributed by atoms with van der Waals surface area (Å²) in [6.45, 7) is 1.60. The Morgan fingerprint density at radius 1 is 1.42 bits per heavy atom. The van der Waals surface area contributed by atoms with Crippen LogP contribution < -0.4 is 5.43 Å². The first-order valence-corrected chi connectivity index (χ1v) is 6.08. The summed E-state index contributed by atoms with van der Waals surface area (Å²) in [6, 6.07) is 4.01. The summed E-state index contributed by atoms with van der Waals surface area (Å²) >= 11 is 0. The number of carboxylic acids is 1. The summed E-state index contributed by atoms with van der Waals surface area (Å²) in [4.78, 5) is 23.4. The van der Waals surface area contributed by atoms with E-state index < -0.39 is 17.2 Å². The van der Waals surface area contributed by atoms with Gasteiger partial charge in [0.1, 0.15) is 11.4 Å². The van der Waals surface area contributed by atoms with Crippen molar-refractivity contribution in [2.24, 2.45) is 0 Å². The molecule has 0 spiro atoms. The molecule has 0 saturated heterocycles. The van der Waals surface area contributed by atoms with Crippen LogP contribution >= 0.6 is 0 Å². The number of rotatable bonds is 2. The molecule has 5 heteroatoms. The normalized spacial score (nSPS) is 14.8. The lowest BCUT2D eigenvalue weighted by Crippen LogP contribution is -2.22. The Hall–Kier alpha value is -2.17. The lowest BCUT2D eigenvalue weighted by atomic mass is 10.1. The van der Waals surface area contributed by atoms with E-state index in [0.717, 1.165) is 12.8 Å². The van der Waals surface area contributed by atoms with Crippen molar-refractivity contribution in [2.45, 2.75) is 25.8 Å². The van der Waals surface area contributed by atoms with Gasteiger partial charge in [-0.05, 0) is 38.0 Å². The third-order valence-corrected chi connectivity index (χ3v) is 3.54. The molecule has 0 bridgehead atoms. The fourth-order valence-electron chi connectivity index (χ4n) is 2.55. The Kier molecular flexibility index (Phi) is 2.45. The number of pyridine rings is 1. The Labute approximate surface area is 108 Å². The molecule has 19 heavy (non-hydrogen) atoms. The van der Waals surface area contributed by atoms with Crippen molar-refractivity contribution in [3.8, 4) is 0 Å². The van der Waals surface area contributed by atoms with Crippen LogP contribution in [0.3, 0.4) is 0 Å². The number of fused-ring (bicyclic) bond motifs is 1.